The summed E-state index contributed by atoms with van der Waals surface area (Å²) in [4.78, 5) is 19.4. The molecule has 1 aromatic carbocycles. The number of anilines is 1. The summed E-state index contributed by atoms with van der Waals surface area (Å²) < 4.78 is 13.3. The molecule has 4 nitrogen and oxygen atoms in total. The molecule has 0 saturated carbocycles. The van der Waals surface area contributed by atoms with Gasteiger partial charge in [0.15, 0.2) is 0 Å². The van der Waals surface area contributed by atoms with Crippen LogP contribution in [0.5, 0.6) is 0 Å². The Bertz CT molecular complexity index is 609. The summed E-state index contributed by atoms with van der Waals surface area (Å²) in [6.07, 6.45) is 1.23. The molecular weight excluding hydrogens is 324 g/mol. The van der Waals surface area contributed by atoms with Gasteiger partial charge in [-0.15, -0.1) is 0 Å². The third-order valence-corrected chi connectivity index (χ3v) is 2.91. The van der Waals surface area contributed by atoms with Crippen molar-refractivity contribution >= 4 is 39.3 Å². The van der Waals surface area contributed by atoms with Gasteiger partial charge in [-0.1, -0.05) is 11.6 Å². The smallest absolute Gasteiger partial charge is 0.257 e. The molecule has 0 aliphatic heterocycles. The molecule has 0 atom stereocenters. The first-order valence-electron chi connectivity index (χ1n) is 4.80. The lowest BCUT2D eigenvalue weighted by molar-refractivity contribution is 0.102. The Morgan fingerprint density at radius 1 is 1.33 bits per heavy atom. The van der Waals surface area contributed by atoms with Crippen LogP contribution in [0.1, 0.15) is 10.4 Å². The number of nitrogens with one attached hydrogen (secondary N) is 1. The summed E-state index contributed by atoms with van der Waals surface area (Å²) in [6.45, 7) is 0. The normalized spacial score (nSPS) is 10.2. The van der Waals surface area contributed by atoms with Gasteiger partial charge >= 0.3 is 0 Å². The average molecular weight is 331 g/mol. The highest BCUT2D eigenvalue weighted by Gasteiger charge is 2.11. The molecule has 18 heavy (non-hydrogen) atoms. The van der Waals surface area contributed by atoms with Crippen LogP contribution in [0, 0.1) is 5.82 Å². The number of hydrogen-bond acceptors (Lipinski definition) is 3. The van der Waals surface area contributed by atoms with E-state index in [-0.39, 0.29) is 11.0 Å². The number of benzene rings is 1. The highest BCUT2D eigenvalue weighted by molar-refractivity contribution is 9.10. The second-order valence-electron chi connectivity index (χ2n) is 3.30. The minimum atomic E-state index is -0.427. The SMILES string of the molecule is O=C(Nc1cc(Cl)ncn1)c1ccc(F)cc1Br. The van der Waals surface area contributed by atoms with E-state index in [1.807, 2.05) is 0 Å². The van der Waals surface area contributed by atoms with Crippen molar-refractivity contribution in [1.82, 2.24) is 9.97 Å². The topological polar surface area (TPSA) is 54.9 Å². The first-order valence-corrected chi connectivity index (χ1v) is 5.97. The molecule has 0 radical (unpaired) electrons. The Morgan fingerprint density at radius 3 is 2.78 bits per heavy atom. The van der Waals surface area contributed by atoms with Crippen molar-refractivity contribution in [3.05, 3.63) is 51.6 Å². The zero-order valence-corrected chi connectivity index (χ0v) is 11.2. The van der Waals surface area contributed by atoms with Crippen molar-refractivity contribution in [1.29, 1.82) is 0 Å². The first-order chi connectivity index (χ1) is 8.56. The van der Waals surface area contributed by atoms with Gasteiger partial charge in [0.25, 0.3) is 5.91 Å². The van der Waals surface area contributed by atoms with E-state index in [4.69, 9.17) is 11.6 Å². The van der Waals surface area contributed by atoms with Gasteiger partial charge < -0.3 is 5.32 Å². The highest BCUT2D eigenvalue weighted by Crippen LogP contribution is 2.19. The van der Waals surface area contributed by atoms with Crippen LogP contribution in [0.25, 0.3) is 0 Å². The van der Waals surface area contributed by atoms with Crippen LogP contribution in [0.2, 0.25) is 5.15 Å². The minimum Gasteiger partial charge on any atom is -0.306 e. The zero-order valence-electron chi connectivity index (χ0n) is 8.82. The summed E-state index contributed by atoms with van der Waals surface area (Å²) >= 11 is 8.78. The Labute approximate surface area is 115 Å². The lowest BCUT2D eigenvalue weighted by Crippen LogP contribution is -2.13. The number of halogens is 3. The van der Waals surface area contributed by atoms with Crippen LogP contribution in [0.4, 0.5) is 10.2 Å². The Kier molecular flexibility index (Phi) is 3.88. The van der Waals surface area contributed by atoms with Gasteiger partial charge in [0.1, 0.15) is 23.1 Å². The Hall–Kier alpha value is -1.53. The fourth-order valence-corrected chi connectivity index (χ4v) is 1.94. The van der Waals surface area contributed by atoms with Crippen LogP contribution < -0.4 is 5.32 Å². The van der Waals surface area contributed by atoms with Gasteiger partial charge in [-0.3, -0.25) is 4.79 Å². The average Bonchev–Trinajstić information content (AvgIpc) is 2.28. The van der Waals surface area contributed by atoms with Crippen molar-refractivity contribution in [2.45, 2.75) is 0 Å². The standard InChI is InChI=1S/C11H6BrClFN3O/c12-8-3-6(14)1-2-7(8)11(18)17-10-4-9(13)15-5-16-10/h1-5H,(H,15,16,17,18). The summed E-state index contributed by atoms with van der Waals surface area (Å²) in [5.74, 6) is -0.573. The summed E-state index contributed by atoms with van der Waals surface area (Å²) in [5, 5.41) is 2.75. The maximum absolute atomic E-state index is 12.9. The van der Waals surface area contributed by atoms with E-state index in [1.165, 1.54) is 30.6 Å². The second kappa shape index (κ2) is 5.41. The molecule has 7 heteroatoms. The number of amides is 1. The third-order valence-electron chi connectivity index (χ3n) is 2.05. The maximum atomic E-state index is 12.9. The van der Waals surface area contributed by atoms with Crippen LogP contribution in [0.3, 0.4) is 0 Å². The lowest BCUT2D eigenvalue weighted by Gasteiger charge is -2.06. The molecule has 0 saturated heterocycles. The van der Waals surface area contributed by atoms with Crippen molar-refractivity contribution in [2.24, 2.45) is 0 Å². The maximum Gasteiger partial charge on any atom is 0.257 e. The van der Waals surface area contributed by atoms with Gasteiger partial charge in [-0.25, -0.2) is 14.4 Å². The van der Waals surface area contributed by atoms with Crippen molar-refractivity contribution in [3.63, 3.8) is 0 Å². The molecule has 2 aromatic rings. The van der Waals surface area contributed by atoms with Gasteiger partial charge in [-0.05, 0) is 34.1 Å². The molecule has 92 valence electrons. The Morgan fingerprint density at radius 2 is 2.11 bits per heavy atom. The quantitative estimate of drug-likeness (QED) is 0.860. The van der Waals surface area contributed by atoms with Crippen LogP contribution in [-0.2, 0) is 0 Å². The fraction of sp³-hybridized carbons (Fsp3) is 0. The van der Waals surface area contributed by atoms with Crippen molar-refractivity contribution < 1.29 is 9.18 Å². The molecule has 0 spiro atoms. The number of carbonyl (C=O) groups is 1. The molecule has 0 fully saturated rings. The van der Waals surface area contributed by atoms with Crippen LogP contribution in [-0.4, -0.2) is 15.9 Å². The van der Waals surface area contributed by atoms with E-state index in [0.29, 0.717) is 10.0 Å². The Balaban J connectivity index is 2.22. The monoisotopic (exact) mass is 329 g/mol. The summed E-state index contributed by atoms with van der Waals surface area (Å²) in [5.41, 5.74) is 0.297. The number of nitrogens with zero attached hydrogens (tertiary/aromatic N) is 2. The molecule has 0 aliphatic carbocycles. The molecule has 1 heterocycles. The van der Waals surface area contributed by atoms with E-state index in [1.54, 1.807) is 0 Å². The van der Waals surface area contributed by atoms with E-state index in [2.05, 4.69) is 31.2 Å². The summed E-state index contributed by atoms with van der Waals surface area (Å²) in [7, 11) is 0. The molecule has 1 amide bonds. The van der Waals surface area contributed by atoms with E-state index in [0.717, 1.165) is 0 Å². The van der Waals surface area contributed by atoms with Gasteiger partial charge in [-0.2, -0.15) is 0 Å². The van der Waals surface area contributed by atoms with Crippen molar-refractivity contribution in [2.75, 3.05) is 5.32 Å². The second-order valence-corrected chi connectivity index (χ2v) is 4.55. The lowest BCUT2D eigenvalue weighted by atomic mass is 10.2. The first kappa shape index (κ1) is 12.9. The molecule has 0 unspecified atom stereocenters. The van der Waals surface area contributed by atoms with Gasteiger partial charge in [0, 0.05) is 10.5 Å². The van der Waals surface area contributed by atoms with Gasteiger partial charge in [0.2, 0.25) is 0 Å². The summed E-state index contributed by atoms with van der Waals surface area (Å²) in [6, 6.07) is 5.20. The number of hydrogen-bond donors (Lipinski definition) is 1. The molecule has 0 aliphatic rings. The molecular formula is C11H6BrClFN3O. The number of carbonyl (C=O) groups excluding carboxylic acids is 1. The molecule has 2 rings (SSSR count). The van der Waals surface area contributed by atoms with Crippen LogP contribution >= 0.6 is 27.5 Å². The molecule has 1 N–H and O–H groups in total. The van der Waals surface area contributed by atoms with E-state index in [9.17, 15) is 9.18 Å². The minimum absolute atomic E-state index is 0.221. The van der Waals surface area contributed by atoms with Crippen LogP contribution in [0.15, 0.2) is 35.1 Å². The third kappa shape index (κ3) is 3.02. The molecule has 0 bridgehead atoms. The highest BCUT2D eigenvalue weighted by atomic mass is 79.9. The number of rotatable bonds is 2. The van der Waals surface area contributed by atoms with Crippen molar-refractivity contribution in [3.8, 4) is 0 Å². The van der Waals surface area contributed by atoms with Gasteiger partial charge in [0.05, 0.1) is 5.56 Å². The predicted molar refractivity (Wildman–Crippen MR) is 69.1 cm³/mol. The zero-order chi connectivity index (χ0) is 13.1. The fourth-order valence-electron chi connectivity index (χ4n) is 1.26. The predicted octanol–water partition coefficient (Wildman–Crippen LogP) is 3.28. The molecule has 1 aromatic heterocycles. The number of aromatic nitrogens is 2. The van der Waals surface area contributed by atoms with E-state index >= 15 is 0 Å². The largest absolute Gasteiger partial charge is 0.306 e. The van der Waals surface area contributed by atoms with E-state index < -0.39 is 11.7 Å².